The number of halogens is 1. The van der Waals surface area contributed by atoms with Crippen LogP contribution in [0, 0.1) is 11.3 Å². The standard InChI is InChI=1S/C23H31ClN2O4/c1-23(2,3)20-19-14(6-9-26(20)21(27)15-7-10-30-13-15)11-16(24)12-17(19)18-5-4-8-25(18)22(28)29/h11-12,15,18,20H,4-10,13H2,1-3H3,(H,28,29)/t15-,18+,20?/m1/s1. The van der Waals surface area contributed by atoms with Crippen LogP contribution in [0.5, 0.6) is 0 Å². The smallest absolute Gasteiger partial charge is 0.407 e. The second-order valence-electron chi connectivity index (χ2n) is 9.81. The second-order valence-corrected chi connectivity index (χ2v) is 10.2. The maximum absolute atomic E-state index is 13.5. The highest BCUT2D eigenvalue weighted by atomic mass is 35.5. The van der Waals surface area contributed by atoms with Crippen LogP contribution in [0.1, 0.15) is 68.8 Å². The first-order chi connectivity index (χ1) is 14.2. The van der Waals surface area contributed by atoms with Crippen molar-refractivity contribution in [2.45, 2.75) is 58.5 Å². The van der Waals surface area contributed by atoms with E-state index < -0.39 is 6.09 Å². The number of fused-ring (bicyclic) bond motifs is 1. The number of benzene rings is 1. The summed E-state index contributed by atoms with van der Waals surface area (Å²) in [5.74, 6) is 0.0645. The Labute approximate surface area is 183 Å². The largest absolute Gasteiger partial charge is 0.465 e. The molecule has 1 aromatic rings. The average molecular weight is 435 g/mol. The van der Waals surface area contributed by atoms with E-state index in [4.69, 9.17) is 16.3 Å². The highest BCUT2D eigenvalue weighted by molar-refractivity contribution is 6.30. The maximum Gasteiger partial charge on any atom is 0.407 e. The van der Waals surface area contributed by atoms with E-state index in [2.05, 4.69) is 20.8 Å². The van der Waals surface area contributed by atoms with Gasteiger partial charge in [0.2, 0.25) is 5.91 Å². The first-order valence-electron chi connectivity index (χ1n) is 10.9. The van der Waals surface area contributed by atoms with Gasteiger partial charge in [-0.25, -0.2) is 4.79 Å². The van der Waals surface area contributed by atoms with E-state index in [-0.39, 0.29) is 29.3 Å². The molecule has 30 heavy (non-hydrogen) atoms. The van der Waals surface area contributed by atoms with Crippen molar-refractivity contribution in [3.63, 3.8) is 0 Å². The van der Waals surface area contributed by atoms with Crippen molar-refractivity contribution >= 4 is 23.6 Å². The molecule has 164 valence electrons. The van der Waals surface area contributed by atoms with Gasteiger partial charge >= 0.3 is 6.09 Å². The molecule has 3 heterocycles. The molecule has 0 saturated carbocycles. The molecule has 0 spiro atoms. The monoisotopic (exact) mass is 434 g/mol. The van der Waals surface area contributed by atoms with Gasteiger partial charge in [0, 0.05) is 24.7 Å². The van der Waals surface area contributed by atoms with Crippen molar-refractivity contribution in [3.8, 4) is 0 Å². The van der Waals surface area contributed by atoms with Gasteiger partial charge in [-0.15, -0.1) is 0 Å². The lowest BCUT2D eigenvalue weighted by atomic mass is 9.73. The van der Waals surface area contributed by atoms with Crippen LogP contribution in [0.4, 0.5) is 4.79 Å². The van der Waals surface area contributed by atoms with Crippen molar-refractivity contribution < 1.29 is 19.4 Å². The third-order valence-electron chi connectivity index (χ3n) is 6.71. The van der Waals surface area contributed by atoms with Crippen LogP contribution in [0.2, 0.25) is 5.02 Å². The third kappa shape index (κ3) is 3.80. The lowest BCUT2D eigenvalue weighted by molar-refractivity contribution is -0.141. The quantitative estimate of drug-likeness (QED) is 0.734. The predicted molar refractivity (Wildman–Crippen MR) is 115 cm³/mol. The van der Waals surface area contributed by atoms with E-state index in [1.54, 1.807) is 0 Å². The number of ether oxygens (including phenoxy) is 1. The van der Waals surface area contributed by atoms with Gasteiger partial charge < -0.3 is 19.6 Å². The van der Waals surface area contributed by atoms with Crippen LogP contribution < -0.4 is 0 Å². The Bertz CT molecular complexity index is 844. The molecule has 1 aromatic carbocycles. The van der Waals surface area contributed by atoms with Crippen LogP contribution in [-0.2, 0) is 16.0 Å². The van der Waals surface area contributed by atoms with Crippen LogP contribution in [0.15, 0.2) is 12.1 Å². The summed E-state index contributed by atoms with van der Waals surface area (Å²) in [5, 5.41) is 10.4. The van der Waals surface area contributed by atoms with Gasteiger partial charge in [0.25, 0.3) is 0 Å². The van der Waals surface area contributed by atoms with Gasteiger partial charge in [0.05, 0.1) is 24.6 Å². The van der Waals surface area contributed by atoms with Crippen LogP contribution in [-0.4, -0.2) is 53.2 Å². The van der Waals surface area contributed by atoms with Crippen molar-refractivity contribution in [1.29, 1.82) is 0 Å². The normalized spacial score (nSPS) is 26.7. The van der Waals surface area contributed by atoms with E-state index in [1.807, 2.05) is 17.0 Å². The molecule has 0 aliphatic carbocycles. The maximum atomic E-state index is 13.5. The Balaban J connectivity index is 1.82. The van der Waals surface area contributed by atoms with E-state index in [9.17, 15) is 14.7 Å². The zero-order valence-electron chi connectivity index (χ0n) is 18.0. The molecule has 3 atom stereocenters. The number of carbonyl (C=O) groups is 2. The molecule has 6 nitrogen and oxygen atoms in total. The molecule has 7 heteroatoms. The molecule has 1 N–H and O–H groups in total. The summed E-state index contributed by atoms with van der Waals surface area (Å²) in [6.07, 6.45) is 2.21. The summed E-state index contributed by atoms with van der Waals surface area (Å²) in [6, 6.07) is 3.58. The fraction of sp³-hybridized carbons (Fsp3) is 0.652. The first kappa shape index (κ1) is 21.4. The van der Waals surface area contributed by atoms with Gasteiger partial charge in [0.1, 0.15) is 0 Å². The van der Waals surface area contributed by atoms with Gasteiger partial charge in [-0.2, -0.15) is 0 Å². The van der Waals surface area contributed by atoms with Crippen LogP contribution in [0.25, 0.3) is 0 Å². The molecule has 3 aliphatic heterocycles. The van der Waals surface area contributed by atoms with E-state index in [1.165, 1.54) is 4.90 Å². The number of carboxylic acid groups (broad SMARTS) is 1. The molecule has 0 bridgehead atoms. The van der Waals surface area contributed by atoms with Crippen LogP contribution in [0.3, 0.4) is 0 Å². The highest BCUT2D eigenvalue weighted by Crippen LogP contribution is 2.48. The minimum absolute atomic E-state index is 0.0888. The molecule has 1 unspecified atom stereocenters. The number of likely N-dealkylation sites (tertiary alicyclic amines) is 1. The lowest BCUT2D eigenvalue weighted by Gasteiger charge is -2.47. The van der Waals surface area contributed by atoms with Gasteiger partial charge in [-0.1, -0.05) is 32.4 Å². The summed E-state index contributed by atoms with van der Waals surface area (Å²) >= 11 is 6.49. The van der Waals surface area contributed by atoms with E-state index in [0.29, 0.717) is 31.3 Å². The van der Waals surface area contributed by atoms with E-state index >= 15 is 0 Å². The first-order valence-corrected chi connectivity index (χ1v) is 11.3. The topological polar surface area (TPSA) is 70.1 Å². The molecule has 2 amide bonds. The molecule has 4 rings (SSSR count). The van der Waals surface area contributed by atoms with Crippen molar-refractivity contribution in [3.05, 3.63) is 33.8 Å². The fourth-order valence-corrected chi connectivity index (χ4v) is 5.71. The summed E-state index contributed by atoms with van der Waals surface area (Å²) in [4.78, 5) is 28.9. The molecule has 2 fully saturated rings. The van der Waals surface area contributed by atoms with Crippen LogP contribution >= 0.6 is 11.6 Å². The third-order valence-corrected chi connectivity index (χ3v) is 6.93. The molecular formula is C23H31ClN2O4. The summed E-state index contributed by atoms with van der Waals surface area (Å²) in [7, 11) is 0. The number of nitrogens with zero attached hydrogens (tertiary/aromatic N) is 2. The Kier molecular flexibility index (Phi) is 5.75. The van der Waals surface area contributed by atoms with E-state index in [0.717, 1.165) is 42.4 Å². The minimum Gasteiger partial charge on any atom is -0.465 e. The number of hydrogen-bond donors (Lipinski definition) is 1. The molecule has 2 saturated heterocycles. The summed E-state index contributed by atoms with van der Waals surface area (Å²) in [6.45, 7) is 8.76. The van der Waals surface area contributed by atoms with Crippen molar-refractivity contribution in [1.82, 2.24) is 9.80 Å². The Morgan fingerprint density at radius 3 is 2.57 bits per heavy atom. The Hall–Kier alpha value is -1.79. The molecule has 0 radical (unpaired) electrons. The average Bonchev–Trinajstić information content (AvgIpc) is 3.36. The van der Waals surface area contributed by atoms with Crippen molar-refractivity contribution in [2.75, 3.05) is 26.3 Å². The zero-order valence-corrected chi connectivity index (χ0v) is 18.7. The predicted octanol–water partition coefficient (Wildman–Crippen LogP) is 4.66. The lowest BCUT2D eigenvalue weighted by Crippen LogP contribution is -2.48. The van der Waals surface area contributed by atoms with Gasteiger partial charge in [-0.3, -0.25) is 4.79 Å². The van der Waals surface area contributed by atoms with Crippen molar-refractivity contribution in [2.24, 2.45) is 11.3 Å². The fourth-order valence-electron chi connectivity index (χ4n) is 5.46. The van der Waals surface area contributed by atoms with Gasteiger partial charge in [-0.05, 0) is 59.9 Å². The zero-order chi connectivity index (χ0) is 21.6. The Morgan fingerprint density at radius 1 is 1.17 bits per heavy atom. The number of rotatable bonds is 2. The second kappa shape index (κ2) is 8.04. The number of hydrogen-bond acceptors (Lipinski definition) is 3. The molecular weight excluding hydrogens is 404 g/mol. The summed E-state index contributed by atoms with van der Waals surface area (Å²) in [5.41, 5.74) is 3.00. The molecule has 3 aliphatic rings. The summed E-state index contributed by atoms with van der Waals surface area (Å²) < 4.78 is 5.48. The highest BCUT2D eigenvalue weighted by Gasteiger charge is 2.44. The number of carbonyl (C=O) groups excluding carboxylic acids is 1. The molecule has 0 aromatic heterocycles. The van der Waals surface area contributed by atoms with Gasteiger partial charge in [0.15, 0.2) is 0 Å². The Morgan fingerprint density at radius 2 is 1.93 bits per heavy atom. The SMILES string of the molecule is CC(C)(C)C1c2c(cc(Cl)cc2[C@@H]2CCCN2C(=O)O)CCN1C(=O)[C@@H]1CCOC1. The number of amides is 2. The minimum atomic E-state index is -0.898.